The van der Waals surface area contributed by atoms with Gasteiger partial charge in [0, 0.05) is 17.6 Å². The van der Waals surface area contributed by atoms with E-state index in [0.717, 1.165) is 6.04 Å². The average Bonchev–Trinajstić information content (AvgIpc) is 2.23. The summed E-state index contributed by atoms with van der Waals surface area (Å²) in [5, 5.41) is 0. The minimum Gasteiger partial charge on any atom is -0.328 e. The number of likely N-dealkylation sites (tertiary alicyclic amines) is 1. The Morgan fingerprint density at radius 3 is 2.42 bits per heavy atom. The molecule has 0 aromatic rings. The van der Waals surface area contributed by atoms with E-state index in [1.807, 2.05) is 0 Å². The zero-order valence-electron chi connectivity index (χ0n) is 8.21. The molecule has 12 heavy (non-hydrogen) atoms. The standard InChI is InChI=1S/C10H20N2/c1-10(2)4-3-5-12(10)9-6-8(11)7-9/h8-9H,3-7,11H2,1-2H3. The molecular formula is C10H20N2. The van der Waals surface area contributed by atoms with Crippen LogP contribution in [0, 0.1) is 0 Å². The molecule has 1 saturated heterocycles. The molecule has 1 saturated carbocycles. The van der Waals surface area contributed by atoms with E-state index >= 15 is 0 Å². The van der Waals surface area contributed by atoms with Crippen molar-refractivity contribution in [2.45, 2.75) is 57.2 Å². The molecule has 0 aromatic heterocycles. The molecule has 0 amide bonds. The summed E-state index contributed by atoms with van der Waals surface area (Å²) in [6, 6.07) is 1.30. The van der Waals surface area contributed by atoms with Crippen molar-refractivity contribution in [3.05, 3.63) is 0 Å². The van der Waals surface area contributed by atoms with Crippen LogP contribution in [0.15, 0.2) is 0 Å². The van der Waals surface area contributed by atoms with Crippen molar-refractivity contribution >= 4 is 0 Å². The van der Waals surface area contributed by atoms with Gasteiger partial charge in [-0.05, 0) is 46.1 Å². The molecule has 0 spiro atoms. The number of hydrogen-bond donors (Lipinski definition) is 1. The van der Waals surface area contributed by atoms with Crippen LogP contribution in [0.1, 0.15) is 39.5 Å². The molecule has 2 nitrogen and oxygen atoms in total. The summed E-state index contributed by atoms with van der Waals surface area (Å²) in [7, 11) is 0. The van der Waals surface area contributed by atoms with E-state index in [1.54, 1.807) is 0 Å². The van der Waals surface area contributed by atoms with Gasteiger partial charge in [0.1, 0.15) is 0 Å². The fourth-order valence-corrected chi connectivity index (χ4v) is 2.69. The lowest BCUT2D eigenvalue weighted by Gasteiger charge is -2.45. The van der Waals surface area contributed by atoms with Crippen molar-refractivity contribution in [2.24, 2.45) is 5.73 Å². The molecule has 0 unspecified atom stereocenters. The second-order valence-electron chi connectivity index (χ2n) is 4.99. The minimum atomic E-state index is 0.449. The fourth-order valence-electron chi connectivity index (χ4n) is 2.69. The van der Waals surface area contributed by atoms with Gasteiger partial charge in [0.2, 0.25) is 0 Å². The Hall–Kier alpha value is -0.0800. The van der Waals surface area contributed by atoms with E-state index in [2.05, 4.69) is 18.7 Å². The van der Waals surface area contributed by atoms with Crippen LogP contribution in [0.3, 0.4) is 0 Å². The summed E-state index contributed by atoms with van der Waals surface area (Å²) in [6.07, 6.45) is 5.18. The van der Waals surface area contributed by atoms with Crippen LogP contribution in [-0.2, 0) is 0 Å². The van der Waals surface area contributed by atoms with Crippen LogP contribution < -0.4 is 5.73 Å². The van der Waals surface area contributed by atoms with E-state index in [-0.39, 0.29) is 0 Å². The van der Waals surface area contributed by atoms with Gasteiger partial charge in [0.15, 0.2) is 0 Å². The third-order valence-electron chi connectivity index (χ3n) is 3.56. The predicted molar refractivity (Wildman–Crippen MR) is 51.0 cm³/mol. The van der Waals surface area contributed by atoms with Gasteiger partial charge in [-0.15, -0.1) is 0 Å². The van der Waals surface area contributed by atoms with Crippen LogP contribution in [0.2, 0.25) is 0 Å². The third kappa shape index (κ3) is 1.27. The van der Waals surface area contributed by atoms with Crippen LogP contribution in [0.4, 0.5) is 0 Å². The number of hydrogen-bond acceptors (Lipinski definition) is 2. The van der Waals surface area contributed by atoms with Crippen molar-refractivity contribution in [1.29, 1.82) is 0 Å². The Labute approximate surface area is 75.1 Å². The lowest BCUT2D eigenvalue weighted by molar-refractivity contribution is 0.0553. The smallest absolute Gasteiger partial charge is 0.0156 e. The molecule has 0 aromatic carbocycles. The Morgan fingerprint density at radius 1 is 1.33 bits per heavy atom. The Morgan fingerprint density at radius 2 is 2.00 bits per heavy atom. The van der Waals surface area contributed by atoms with Gasteiger partial charge in [0.05, 0.1) is 0 Å². The molecule has 2 N–H and O–H groups in total. The van der Waals surface area contributed by atoms with Gasteiger partial charge < -0.3 is 5.73 Å². The molecule has 1 aliphatic carbocycles. The molecule has 0 atom stereocenters. The number of nitrogens with two attached hydrogens (primary N) is 1. The van der Waals surface area contributed by atoms with Crippen molar-refractivity contribution in [3.8, 4) is 0 Å². The molecule has 2 aliphatic rings. The van der Waals surface area contributed by atoms with Gasteiger partial charge >= 0.3 is 0 Å². The number of nitrogens with zero attached hydrogens (tertiary/aromatic N) is 1. The summed E-state index contributed by atoms with van der Waals surface area (Å²) < 4.78 is 0. The summed E-state index contributed by atoms with van der Waals surface area (Å²) in [5.41, 5.74) is 6.25. The van der Waals surface area contributed by atoms with E-state index in [4.69, 9.17) is 5.73 Å². The quantitative estimate of drug-likeness (QED) is 0.640. The highest BCUT2D eigenvalue weighted by atomic mass is 15.2. The maximum Gasteiger partial charge on any atom is 0.0156 e. The van der Waals surface area contributed by atoms with Crippen LogP contribution in [0.25, 0.3) is 0 Å². The normalized spacial score (nSPS) is 41.2. The molecule has 70 valence electrons. The second kappa shape index (κ2) is 2.71. The van der Waals surface area contributed by atoms with Gasteiger partial charge in [-0.1, -0.05) is 0 Å². The molecule has 1 heterocycles. The third-order valence-corrected chi connectivity index (χ3v) is 3.56. The first-order valence-corrected chi connectivity index (χ1v) is 5.12. The maximum absolute atomic E-state index is 5.80. The monoisotopic (exact) mass is 168 g/mol. The summed E-state index contributed by atoms with van der Waals surface area (Å²) in [4.78, 5) is 2.66. The van der Waals surface area contributed by atoms with Crippen LogP contribution >= 0.6 is 0 Å². The minimum absolute atomic E-state index is 0.449. The lowest BCUT2D eigenvalue weighted by Crippen LogP contribution is -2.55. The van der Waals surface area contributed by atoms with Crippen molar-refractivity contribution in [3.63, 3.8) is 0 Å². The van der Waals surface area contributed by atoms with Crippen LogP contribution in [-0.4, -0.2) is 29.1 Å². The predicted octanol–water partition coefficient (Wildman–Crippen LogP) is 1.35. The van der Waals surface area contributed by atoms with Gasteiger partial charge in [-0.2, -0.15) is 0 Å². The fraction of sp³-hybridized carbons (Fsp3) is 1.00. The highest BCUT2D eigenvalue weighted by Gasteiger charge is 2.41. The van der Waals surface area contributed by atoms with E-state index < -0.39 is 0 Å². The van der Waals surface area contributed by atoms with E-state index in [9.17, 15) is 0 Å². The Balaban J connectivity index is 1.95. The first kappa shape index (κ1) is 8.52. The zero-order chi connectivity index (χ0) is 8.77. The Bertz CT molecular complexity index is 171. The zero-order valence-corrected chi connectivity index (χ0v) is 8.21. The molecule has 2 fully saturated rings. The van der Waals surface area contributed by atoms with Crippen molar-refractivity contribution in [1.82, 2.24) is 4.90 Å². The first-order chi connectivity index (χ1) is 5.59. The summed E-state index contributed by atoms with van der Waals surface area (Å²) >= 11 is 0. The topological polar surface area (TPSA) is 29.3 Å². The van der Waals surface area contributed by atoms with Crippen LogP contribution in [0.5, 0.6) is 0 Å². The molecule has 1 aliphatic heterocycles. The maximum atomic E-state index is 5.80. The highest BCUT2D eigenvalue weighted by Crippen LogP contribution is 2.36. The highest BCUT2D eigenvalue weighted by molar-refractivity contribution is 4.98. The lowest BCUT2D eigenvalue weighted by atomic mass is 9.84. The van der Waals surface area contributed by atoms with Gasteiger partial charge in [0.25, 0.3) is 0 Å². The molecule has 0 radical (unpaired) electrons. The summed E-state index contributed by atoms with van der Waals surface area (Å²) in [6.45, 7) is 6.03. The first-order valence-electron chi connectivity index (χ1n) is 5.12. The molecule has 2 heteroatoms. The molecule has 0 bridgehead atoms. The summed E-state index contributed by atoms with van der Waals surface area (Å²) in [5.74, 6) is 0. The molecule has 2 rings (SSSR count). The Kier molecular flexibility index (Phi) is 1.92. The average molecular weight is 168 g/mol. The van der Waals surface area contributed by atoms with Gasteiger partial charge in [-0.3, -0.25) is 4.90 Å². The second-order valence-corrected chi connectivity index (χ2v) is 4.99. The molecular weight excluding hydrogens is 148 g/mol. The van der Waals surface area contributed by atoms with Crippen molar-refractivity contribution in [2.75, 3.05) is 6.54 Å². The SMILES string of the molecule is CC1(C)CCCN1C1CC(N)C1. The van der Waals surface area contributed by atoms with E-state index in [1.165, 1.54) is 32.2 Å². The van der Waals surface area contributed by atoms with Crippen molar-refractivity contribution < 1.29 is 0 Å². The van der Waals surface area contributed by atoms with E-state index in [0.29, 0.717) is 11.6 Å². The largest absolute Gasteiger partial charge is 0.328 e. The van der Waals surface area contributed by atoms with Gasteiger partial charge in [-0.25, -0.2) is 0 Å². The number of rotatable bonds is 1.